The molecule has 2 unspecified atom stereocenters. The van der Waals surface area contributed by atoms with E-state index >= 15 is 0 Å². The number of methoxy groups -OCH3 is 2. The van der Waals surface area contributed by atoms with Crippen molar-refractivity contribution in [2.24, 2.45) is 5.92 Å². The van der Waals surface area contributed by atoms with Crippen LogP contribution in [0.5, 0.6) is 11.5 Å². The van der Waals surface area contributed by atoms with Gasteiger partial charge in [-0.05, 0) is 37.0 Å². The van der Waals surface area contributed by atoms with Gasteiger partial charge in [0.1, 0.15) is 0 Å². The average Bonchev–Trinajstić information content (AvgIpc) is 2.99. The Hall–Kier alpha value is -0.780. The number of hydrogen-bond acceptors (Lipinski definition) is 4. The average molecular weight is 344 g/mol. The second-order valence-corrected chi connectivity index (χ2v) is 5.95. The van der Waals surface area contributed by atoms with Crippen LogP contribution in [0.15, 0.2) is 16.6 Å². The van der Waals surface area contributed by atoms with Gasteiger partial charge in [0.15, 0.2) is 11.5 Å². The molecule has 0 amide bonds. The Balaban J connectivity index is 2.01. The Morgan fingerprint density at radius 1 is 1.35 bits per heavy atom. The lowest BCUT2D eigenvalue weighted by molar-refractivity contribution is 0.178. The van der Waals surface area contributed by atoms with Crippen LogP contribution in [0.4, 0.5) is 0 Å². The van der Waals surface area contributed by atoms with E-state index in [1.165, 1.54) is 0 Å². The second kappa shape index (κ2) is 7.29. The predicted molar refractivity (Wildman–Crippen MR) is 82.5 cm³/mol. The number of benzene rings is 1. The lowest BCUT2D eigenvalue weighted by atomic mass is 10.0. The highest BCUT2D eigenvalue weighted by Gasteiger charge is 2.22. The van der Waals surface area contributed by atoms with Crippen molar-refractivity contribution in [1.82, 2.24) is 5.32 Å². The standard InChI is InChI=1S/C15H22BrNO3/c1-10(11-4-5-20-9-11)17-8-12-6-14(18-2)15(19-3)7-13(12)16/h6-7,10-11,17H,4-5,8-9H2,1-3H3. The fourth-order valence-corrected chi connectivity index (χ4v) is 2.88. The quantitative estimate of drug-likeness (QED) is 0.861. The zero-order valence-corrected chi connectivity index (χ0v) is 13.8. The molecule has 1 saturated heterocycles. The van der Waals surface area contributed by atoms with Gasteiger partial charge < -0.3 is 19.5 Å². The zero-order chi connectivity index (χ0) is 14.5. The summed E-state index contributed by atoms with van der Waals surface area (Å²) in [6, 6.07) is 4.39. The summed E-state index contributed by atoms with van der Waals surface area (Å²) in [6.07, 6.45) is 1.14. The van der Waals surface area contributed by atoms with Gasteiger partial charge in [0.25, 0.3) is 0 Å². The molecule has 0 radical (unpaired) electrons. The predicted octanol–water partition coefficient (Wildman–Crippen LogP) is 2.98. The molecule has 0 saturated carbocycles. The Kier molecular flexibility index (Phi) is 5.69. The maximum atomic E-state index is 5.43. The Labute approximate surface area is 128 Å². The number of rotatable bonds is 6. The molecule has 4 nitrogen and oxygen atoms in total. The van der Waals surface area contributed by atoms with E-state index < -0.39 is 0 Å². The summed E-state index contributed by atoms with van der Waals surface area (Å²) in [5, 5.41) is 3.56. The number of halogens is 1. The highest BCUT2D eigenvalue weighted by molar-refractivity contribution is 9.10. The van der Waals surface area contributed by atoms with Crippen molar-refractivity contribution in [3.8, 4) is 11.5 Å². The van der Waals surface area contributed by atoms with Crippen LogP contribution in [0, 0.1) is 5.92 Å². The van der Waals surface area contributed by atoms with Gasteiger partial charge in [-0.15, -0.1) is 0 Å². The lowest BCUT2D eigenvalue weighted by Gasteiger charge is -2.20. The molecule has 0 bridgehead atoms. The molecular formula is C15H22BrNO3. The van der Waals surface area contributed by atoms with Gasteiger partial charge in [-0.2, -0.15) is 0 Å². The molecule has 1 fully saturated rings. The number of nitrogens with one attached hydrogen (secondary N) is 1. The van der Waals surface area contributed by atoms with Gasteiger partial charge in [0.05, 0.1) is 20.8 Å². The van der Waals surface area contributed by atoms with Gasteiger partial charge in [0, 0.05) is 23.7 Å². The van der Waals surface area contributed by atoms with E-state index in [0.717, 1.165) is 47.7 Å². The Bertz CT molecular complexity index is 447. The first-order valence-electron chi connectivity index (χ1n) is 6.87. The Morgan fingerprint density at radius 2 is 2.05 bits per heavy atom. The first kappa shape index (κ1) is 15.6. The van der Waals surface area contributed by atoms with Crippen molar-refractivity contribution < 1.29 is 14.2 Å². The summed E-state index contributed by atoms with van der Waals surface area (Å²) in [4.78, 5) is 0. The van der Waals surface area contributed by atoms with Crippen LogP contribution in [-0.4, -0.2) is 33.5 Å². The van der Waals surface area contributed by atoms with Crippen LogP contribution in [0.1, 0.15) is 18.9 Å². The molecule has 2 atom stereocenters. The van der Waals surface area contributed by atoms with Crippen molar-refractivity contribution in [3.63, 3.8) is 0 Å². The third-order valence-electron chi connectivity index (χ3n) is 3.84. The maximum Gasteiger partial charge on any atom is 0.161 e. The van der Waals surface area contributed by atoms with Crippen LogP contribution >= 0.6 is 15.9 Å². The SMILES string of the molecule is COc1cc(Br)c(CNC(C)C2CCOC2)cc1OC. The monoisotopic (exact) mass is 343 g/mol. The van der Waals surface area contributed by atoms with Crippen molar-refractivity contribution >= 4 is 15.9 Å². The topological polar surface area (TPSA) is 39.7 Å². The molecule has 1 N–H and O–H groups in total. The molecule has 5 heteroatoms. The number of ether oxygens (including phenoxy) is 3. The smallest absolute Gasteiger partial charge is 0.161 e. The summed E-state index contributed by atoms with van der Waals surface area (Å²) in [5.74, 6) is 2.10. The van der Waals surface area contributed by atoms with Crippen LogP contribution in [0.3, 0.4) is 0 Å². The van der Waals surface area contributed by atoms with E-state index in [4.69, 9.17) is 14.2 Å². The van der Waals surface area contributed by atoms with E-state index in [1.807, 2.05) is 12.1 Å². The van der Waals surface area contributed by atoms with Crippen LogP contribution in [0.25, 0.3) is 0 Å². The molecular weight excluding hydrogens is 322 g/mol. The second-order valence-electron chi connectivity index (χ2n) is 5.09. The van der Waals surface area contributed by atoms with Gasteiger partial charge in [-0.25, -0.2) is 0 Å². The molecule has 1 aromatic carbocycles. The molecule has 112 valence electrons. The third-order valence-corrected chi connectivity index (χ3v) is 4.58. The van der Waals surface area contributed by atoms with E-state index in [-0.39, 0.29) is 0 Å². The van der Waals surface area contributed by atoms with Gasteiger partial charge >= 0.3 is 0 Å². The summed E-state index contributed by atoms with van der Waals surface area (Å²) >= 11 is 3.58. The number of hydrogen-bond donors (Lipinski definition) is 1. The first-order valence-corrected chi connectivity index (χ1v) is 7.66. The third kappa shape index (κ3) is 3.65. The maximum absolute atomic E-state index is 5.43. The molecule has 0 aliphatic carbocycles. The van der Waals surface area contributed by atoms with Crippen molar-refractivity contribution in [2.75, 3.05) is 27.4 Å². The molecule has 0 aromatic heterocycles. The molecule has 1 heterocycles. The van der Waals surface area contributed by atoms with E-state index in [1.54, 1.807) is 14.2 Å². The highest BCUT2D eigenvalue weighted by Crippen LogP contribution is 2.33. The summed E-state index contributed by atoms with van der Waals surface area (Å²) in [5.41, 5.74) is 1.16. The van der Waals surface area contributed by atoms with Crippen molar-refractivity contribution in [2.45, 2.75) is 25.9 Å². The fraction of sp³-hybridized carbons (Fsp3) is 0.600. The van der Waals surface area contributed by atoms with E-state index in [9.17, 15) is 0 Å². The molecule has 20 heavy (non-hydrogen) atoms. The molecule has 1 aliphatic rings. The molecule has 0 spiro atoms. The van der Waals surface area contributed by atoms with Crippen LogP contribution in [-0.2, 0) is 11.3 Å². The van der Waals surface area contributed by atoms with Gasteiger partial charge in [-0.3, -0.25) is 0 Å². The van der Waals surface area contributed by atoms with Gasteiger partial charge in [-0.1, -0.05) is 15.9 Å². The van der Waals surface area contributed by atoms with E-state index in [0.29, 0.717) is 12.0 Å². The summed E-state index contributed by atoms with van der Waals surface area (Å²) in [7, 11) is 3.30. The Morgan fingerprint density at radius 3 is 2.65 bits per heavy atom. The van der Waals surface area contributed by atoms with E-state index in [2.05, 4.69) is 28.2 Å². The normalized spacial score (nSPS) is 19.9. The minimum absolute atomic E-state index is 0.442. The summed E-state index contributed by atoms with van der Waals surface area (Å²) in [6.45, 7) is 4.75. The lowest BCUT2D eigenvalue weighted by Crippen LogP contribution is -2.33. The fourth-order valence-electron chi connectivity index (χ4n) is 2.42. The molecule has 2 rings (SSSR count). The van der Waals surface area contributed by atoms with Crippen molar-refractivity contribution in [3.05, 3.63) is 22.2 Å². The molecule has 1 aromatic rings. The summed E-state index contributed by atoms with van der Waals surface area (Å²) < 4.78 is 17.1. The van der Waals surface area contributed by atoms with Crippen molar-refractivity contribution in [1.29, 1.82) is 0 Å². The van der Waals surface area contributed by atoms with Crippen LogP contribution < -0.4 is 14.8 Å². The molecule has 1 aliphatic heterocycles. The highest BCUT2D eigenvalue weighted by atomic mass is 79.9. The minimum Gasteiger partial charge on any atom is -0.493 e. The largest absolute Gasteiger partial charge is 0.493 e. The minimum atomic E-state index is 0.442. The van der Waals surface area contributed by atoms with Gasteiger partial charge in [0.2, 0.25) is 0 Å². The first-order chi connectivity index (χ1) is 9.65. The zero-order valence-electron chi connectivity index (χ0n) is 12.2. The van der Waals surface area contributed by atoms with Crippen LogP contribution in [0.2, 0.25) is 0 Å².